The van der Waals surface area contributed by atoms with Crippen molar-refractivity contribution in [3.63, 3.8) is 0 Å². The van der Waals surface area contributed by atoms with E-state index in [4.69, 9.17) is 0 Å². The van der Waals surface area contributed by atoms with E-state index in [1.807, 2.05) is 11.3 Å². The van der Waals surface area contributed by atoms with Crippen molar-refractivity contribution < 1.29 is 0 Å². The van der Waals surface area contributed by atoms with E-state index in [2.05, 4.69) is 46.9 Å². The lowest BCUT2D eigenvalue weighted by atomic mass is 10.0. The van der Waals surface area contributed by atoms with Gasteiger partial charge in [-0.3, -0.25) is 4.90 Å². The first kappa shape index (κ1) is 14.0. The molecule has 0 bridgehead atoms. The summed E-state index contributed by atoms with van der Waals surface area (Å²) in [6.07, 6.45) is 1.15. The van der Waals surface area contributed by atoms with Crippen LogP contribution in [0.1, 0.15) is 18.7 Å². The van der Waals surface area contributed by atoms with Crippen LogP contribution in [0.3, 0.4) is 0 Å². The van der Waals surface area contributed by atoms with Gasteiger partial charge < -0.3 is 10.6 Å². The maximum absolute atomic E-state index is 3.61. The van der Waals surface area contributed by atoms with Gasteiger partial charge in [-0.1, -0.05) is 6.07 Å². The molecule has 2 rings (SSSR count). The van der Waals surface area contributed by atoms with Crippen LogP contribution < -0.4 is 10.6 Å². The standard InChI is InChI=1S/C14H25N3S/c1-14(2,17-9-7-15-8-10-17)12-16-6-5-13-4-3-11-18-13/h3-4,11,15-16H,5-10,12H2,1-2H3. The molecule has 0 aliphatic carbocycles. The van der Waals surface area contributed by atoms with Crippen LogP contribution in [-0.4, -0.2) is 49.7 Å². The average Bonchev–Trinajstić information content (AvgIpc) is 2.89. The van der Waals surface area contributed by atoms with Crippen molar-refractivity contribution in [1.29, 1.82) is 0 Å². The molecule has 3 nitrogen and oxygen atoms in total. The summed E-state index contributed by atoms with van der Waals surface area (Å²) in [4.78, 5) is 4.06. The fraction of sp³-hybridized carbons (Fsp3) is 0.714. The van der Waals surface area contributed by atoms with Crippen molar-refractivity contribution >= 4 is 11.3 Å². The Morgan fingerprint density at radius 1 is 1.39 bits per heavy atom. The molecule has 0 unspecified atom stereocenters. The maximum Gasteiger partial charge on any atom is 0.0278 e. The second-order valence-electron chi connectivity index (χ2n) is 5.56. The van der Waals surface area contributed by atoms with Crippen LogP contribution in [0.25, 0.3) is 0 Å². The van der Waals surface area contributed by atoms with Gasteiger partial charge in [0.1, 0.15) is 0 Å². The van der Waals surface area contributed by atoms with Crippen molar-refractivity contribution in [2.24, 2.45) is 0 Å². The zero-order valence-electron chi connectivity index (χ0n) is 11.5. The Bertz CT molecular complexity index is 329. The molecule has 2 heterocycles. The Morgan fingerprint density at radius 3 is 2.83 bits per heavy atom. The van der Waals surface area contributed by atoms with E-state index in [9.17, 15) is 0 Å². The zero-order valence-corrected chi connectivity index (χ0v) is 12.4. The molecule has 0 radical (unpaired) electrons. The molecule has 0 spiro atoms. The number of piperazine rings is 1. The lowest BCUT2D eigenvalue weighted by Crippen LogP contribution is -2.57. The van der Waals surface area contributed by atoms with Gasteiger partial charge in [0.25, 0.3) is 0 Å². The Balaban J connectivity index is 1.67. The molecule has 1 aliphatic heterocycles. The molecule has 102 valence electrons. The fourth-order valence-electron chi connectivity index (χ4n) is 2.44. The summed E-state index contributed by atoms with van der Waals surface area (Å²) < 4.78 is 0. The maximum atomic E-state index is 3.61. The van der Waals surface area contributed by atoms with E-state index in [0.29, 0.717) is 0 Å². The predicted octanol–water partition coefficient (Wildman–Crippen LogP) is 1.56. The van der Waals surface area contributed by atoms with Gasteiger partial charge in [-0.05, 0) is 31.7 Å². The van der Waals surface area contributed by atoms with Gasteiger partial charge in [-0.15, -0.1) is 11.3 Å². The van der Waals surface area contributed by atoms with Gasteiger partial charge >= 0.3 is 0 Å². The number of thiophene rings is 1. The number of nitrogens with one attached hydrogen (secondary N) is 2. The predicted molar refractivity (Wildman–Crippen MR) is 79.4 cm³/mol. The summed E-state index contributed by atoms with van der Waals surface area (Å²) in [5, 5.41) is 9.17. The van der Waals surface area contributed by atoms with E-state index >= 15 is 0 Å². The highest BCUT2D eigenvalue weighted by atomic mass is 32.1. The van der Waals surface area contributed by atoms with Crippen LogP contribution in [0.4, 0.5) is 0 Å². The van der Waals surface area contributed by atoms with E-state index in [-0.39, 0.29) is 5.54 Å². The second kappa shape index (κ2) is 6.66. The molecule has 1 aromatic heterocycles. The monoisotopic (exact) mass is 267 g/mol. The van der Waals surface area contributed by atoms with Crippen LogP contribution in [-0.2, 0) is 6.42 Å². The molecule has 0 amide bonds. The van der Waals surface area contributed by atoms with Crippen molar-refractivity contribution in [2.45, 2.75) is 25.8 Å². The Morgan fingerprint density at radius 2 is 2.17 bits per heavy atom. The minimum atomic E-state index is 0.261. The highest BCUT2D eigenvalue weighted by molar-refractivity contribution is 7.09. The van der Waals surface area contributed by atoms with Crippen LogP contribution in [0, 0.1) is 0 Å². The Kier molecular flexibility index (Phi) is 5.18. The summed E-state index contributed by atoms with van der Waals surface area (Å²) in [6, 6.07) is 4.35. The molecule has 1 aromatic rings. The SMILES string of the molecule is CC(C)(CNCCc1cccs1)N1CCNCC1. The van der Waals surface area contributed by atoms with E-state index < -0.39 is 0 Å². The second-order valence-corrected chi connectivity index (χ2v) is 6.59. The number of hydrogen-bond acceptors (Lipinski definition) is 4. The Labute approximate surface area is 115 Å². The third-order valence-electron chi connectivity index (χ3n) is 3.66. The Hall–Kier alpha value is -0.420. The number of hydrogen-bond donors (Lipinski definition) is 2. The molecular weight excluding hydrogens is 242 g/mol. The summed E-state index contributed by atoms with van der Waals surface area (Å²) in [6.45, 7) is 11.4. The molecule has 4 heteroatoms. The van der Waals surface area contributed by atoms with E-state index in [1.54, 1.807) is 0 Å². The van der Waals surface area contributed by atoms with Gasteiger partial charge in [-0.2, -0.15) is 0 Å². The van der Waals surface area contributed by atoms with Crippen LogP contribution in [0.5, 0.6) is 0 Å². The van der Waals surface area contributed by atoms with Gasteiger partial charge in [0, 0.05) is 49.7 Å². The third-order valence-corrected chi connectivity index (χ3v) is 4.60. The van der Waals surface area contributed by atoms with Crippen molar-refractivity contribution in [3.8, 4) is 0 Å². The zero-order chi connectivity index (χ0) is 12.8. The third kappa shape index (κ3) is 4.05. The van der Waals surface area contributed by atoms with Gasteiger partial charge in [0.2, 0.25) is 0 Å². The lowest BCUT2D eigenvalue weighted by molar-refractivity contribution is 0.102. The summed E-state index contributed by atoms with van der Waals surface area (Å²) in [5.41, 5.74) is 0.261. The summed E-state index contributed by atoms with van der Waals surface area (Å²) in [7, 11) is 0. The molecule has 1 fully saturated rings. The number of rotatable bonds is 6. The topological polar surface area (TPSA) is 27.3 Å². The molecule has 18 heavy (non-hydrogen) atoms. The first-order valence-electron chi connectivity index (χ1n) is 6.87. The quantitative estimate of drug-likeness (QED) is 0.766. The van der Waals surface area contributed by atoms with E-state index in [0.717, 1.165) is 32.6 Å². The van der Waals surface area contributed by atoms with Crippen LogP contribution in [0.15, 0.2) is 17.5 Å². The lowest BCUT2D eigenvalue weighted by Gasteiger charge is -2.41. The van der Waals surface area contributed by atoms with Crippen molar-refractivity contribution in [1.82, 2.24) is 15.5 Å². The van der Waals surface area contributed by atoms with Crippen LogP contribution in [0.2, 0.25) is 0 Å². The smallest absolute Gasteiger partial charge is 0.0278 e. The van der Waals surface area contributed by atoms with Crippen LogP contribution >= 0.6 is 11.3 Å². The van der Waals surface area contributed by atoms with Gasteiger partial charge in [0.05, 0.1) is 0 Å². The van der Waals surface area contributed by atoms with Gasteiger partial charge in [0.15, 0.2) is 0 Å². The molecule has 2 N–H and O–H groups in total. The average molecular weight is 267 g/mol. The molecule has 0 aromatic carbocycles. The highest BCUT2D eigenvalue weighted by Crippen LogP contribution is 2.14. The minimum absolute atomic E-state index is 0.261. The molecule has 0 atom stereocenters. The molecular formula is C14H25N3S. The van der Waals surface area contributed by atoms with E-state index in [1.165, 1.54) is 18.0 Å². The highest BCUT2D eigenvalue weighted by Gasteiger charge is 2.26. The molecule has 1 aliphatic rings. The van der Waals surface area contributed by atoms with Crippen molar-refractivity contribution in [2.75, 3.05) is 39.3 Å². The van der Waals surface area contributed by atoms with Crippen molar-refractivity contribution in [3.05, 3.63) is 22.4 Å². The normalized spacial score (nSPS) is 18.1. The molecule has 0 saturated carbocycles. The fourth-order valence-corrected chi connectivity index (χ4v) is 3.15. The largest absolute Gasteiger partial charge is 0.315 e. The summed E-state index contributed by atoms with van der Waals surface area (Å²) >= 11 is 1.85. The van der Waals surface area contributed by atoms with Gasteiger partial charge in [-0.25, -0.2) is 0 Å². The minimum Gasteiger partial charge on any atom is -0.315 e. The molecule has 1 saturated heterocycles. The first-order chi connectivity index (χ1) is 8.68. The summed E-state index contributed by atoms with van der Waals surface area (Å²) in [5.74, 6) is 0. The number of nitrogens with zero attached hydrogens (tertiary/aromatic N) is 1. The first-order valence-corrected chi connectivity index (χ1v) is 7.75.